The number of aryl methyl sites for hydroxylation is 1. The summed E-state index contributed by atoms with van der Waals surface area (Å²) < 4.78 is 20.6. The maximum Gasteiger partial charge on any atom is 0.244 e. The van der Waals surface area contributed by atoms with Crippen LogP contribution in [0.1, 0.15) is 11.3 Å². The highest BCUT2D eigenvalue weighted by Gasteiger charge is 2.24. The van der Waals surface area contributed by atoms with Crippen LogP contribution >= 0.6 is 0 Å². The van der Waals surface area contributed by atoms with Gasteiger partial charge in [0.05, 0.1) is 18.4 Å². The third-order valence-electron chi connectivity index (χ3n) is 3.92. The number of rotatable bonds is 4. The van der Waals surface area contributed by atoms with Gasteiger partial charge in [0.25, 0.3) is 0 Å². The first-order valence-electron chi connectivity index (χ1n) is 7.74. The number of ether oxygens (including phenoxy) is 1. The van der Waals surface area contributed by atoms with Crippen molar-refractivity contribution in [3.05, 3.63) is 53.6 Å². The van der Waals surface area contributed by atoms with E-state index in [-0.39, 0.29) is 24.4 Å². The van der Waals surface area contributed by atoms with Crippen LogP contribution in [0.4, 0.5) is 4.39 Å². The van der Waals surface area contributed by atoms with E-state index in [1.54, 1.807) is 21.8 Å². The van der Waals surface area contributed by atoms with Gasteiger partial charge in [0.1, 0.15) is 12.4 Å². The standard InChI is InChI=1S/C17H20FN3O2/c1-13-5-6-21(19-13)12-17(22)20-7-8-23-16(11-20)10-14-3-2-4-15(18)9-14/h2-6,9,16H,7-8,10-12H2,1H3. The molecular formula is C17H20FN3O2. The van der Waals surface area contributed by atoms with Crippen LogP contribution in [0.3, 0.4) is 0 Å². The van der Waals surface area contributed by atoms with Gasteiger partial charge in [-0.2, -0.15) is 5.10 Å². The van der Waals surface area contributed by atoms with Crippen molar-refractivity contribution in [3.8, 4) is 0 Å². The van der Waals surface area contributed by atoms with Gasteiger partial charge in [0, 0.05) is 25.7 Å². The van der Waals surface area contributed by atoms with E-state index in [1.165, 1.54) is 12.1 Å². The molecule has 1 aliphatic rings. The van der Waals surface area contributed by atoms with Gasteiger partial charge in [-0.05, 0) is 30.7 Å². The fourth-order valence-electron chi connectivity index (χ4n) is 2.79. The molecule has 0 bridgehead atoms. The molecule has 1 aromatic heterocycles. The number of carbonyl (C=O) groups excluding carboxylic acids is 1. The highest BCUT2D eigenvalue weighted by atomic mass is 19.1. The molecule has 0 radical (unpaired) electrons. The van der Waals surface area contributed by atoms with Gasteiger partial charge < -0.3 is 9.64 Å². The normalized spacial score (nSPS) is 18.2. The second-order valence-corrected chi connectivity index (χ2v) is 5.82. The third-order valence-corrected chi connectivity index (χ3v) is 3.92. The predicted molar refractivity (Wildman–Crippen MR) is 83.4 cm³/mol. The van der Waals surface area contributed by atoms with Gasteiger partial charge >= 0.3 is 0 Å². The number of halogens is 1. The van der Waals surface area contributed by atoms with Crippen LogP contribution in [0.5, 0.6) is 0 Å². The average molecular weight is 317 g/mol. The van der Waals surface area contributed by atoms with Crippen molar-refractivity contribution >= 4 is 5.91 Å². The van der Waals surface area contributed by atoms with E-state index in [0.717, 1.165) is 11.3 Å². The van der Waals surface area contributed by atoms with Crippen molar-refractivity contribution in [2.75, 3.05) is 19.7 Å². The van der Waals surface area contributed by atoms with Crippen LogP contribution in [-0.2, 0) is 22.5 Å². The Balaban J connectivity index is 1.58. The van der Waals surface area contributed by atoms with Crippen molar-refractivity contribution in [2.24, 2.45) is 0 Å². The van der Waals surface area contributed by atoms with Gasteiger partial charge in [-0.1, -0.05) is 12.1 Å². The summed E-state index contributed by atoms with van der Waals surface area (Å²) in [4.78, 5) is 14.2. The number of amides is 1. The number of benzene rings is 1. The smallest absolute Gasteiger partial charge is 0.244 e. The molecule has 0 N–H and O–H groups in total. The Labute approximate surface area is 134 Å². The Hall–Kier alpha value is -2.21. The molecular weight excluding hydrogens is 297 g/mol. The lowest BCUT2D eigenvalue weighted by Crippen LogP contribution is -2.47. The molecule has 23 heavy (non-hydrogen) atoms. The Morgan fingerprint density at radius 2 is 2.30 bits per heavy atom. The van der Waals surface area contributed by atoms with E-state index >= 15 is 0 Å². The second-order valence-electron chi connectivity index (χ2n) is 5.82. The van der Waals surface area contributed by atoms with Gasteiger partial charge in [-0.15, -0.1) is 0 Å². The summed E-state index contributed by atoms with van der Waals surface area (Å²) in [5.41, 5.74) is 1.77. The van der Waals surface area contributed by atoms with E-state index in [1.807, 2.05) is 19.1 Å². The van der Waals surface area contributed by atoms with Crippen molar-refractivity contribution < 1.29 is 13.9 Å². The summed E-state index contributed by atoms with van der Waals surface area (Å²) in [5, 5.41) is 4.24. The Morgan fingerprint density at radius 3 is 3.04 bits per heavy atom. The summed E-state index contributed by atoms with van der Waals surface area (Å²) in [5.74, 6) is -0.221. The molecule has 2 aromatic rings. The lowest BCUT2D eigenvalue weighted by atomic mass is 10.1. The molecule has 5 nitrogen and oxygen atoms in total. The van der Waals surface area contributed by atoms with Crippen molar-refractivity contribution in [3.63, 3.8) is 0 Å². The Bertz CT molecular complexity index is 686. The van der Waals surface area contributed by atoms with Crippen LogP contribution < -0.4 is 0 Å². The zero-order chi connectivity index (χ0) is 16.2. The number of aromatic nitrogens is 2. The van der Waals surface area contributed by atoms with Crippen molar-refractivity contribution in [1.29, 1.82) is 0 Å². The van der Waals surface area contributed by atoms with Gasteiger partial charge in [0.15, 0.2) is 0 Å². The Kier molecular flexibility index (Phi) is 4.71. The minimum absolute atomic E-state index is 0.0284. The molecule has 1 saturated heterocycles. The molecule has 0 aliphatic carbocycles. The maximum absolute atomic E-state index is 13.3. The van der Waals surface area contributed by atoms with E-state index in [2.05, 4.69) is 5.10 Å². The Morgan fingerprint density at radius 1 is 1.43 bits per heavy atom. The van der Waals surface area contributed by atoms with E-state index in [4.69, 9.17) is 4.74 Å². The first-order valence-corrected chi connectivity index (χ1v) is 7.74. The SMILES string of the molecule is Cc1ccn(CC(=O)N2CCOC(Cc3cccc(F)c3)C2)n1. The van der Waals surface area contributed by atoms with E-state index in [9.17, 15) is 9.18 Å². The lowest BCUT2D eigenvalue weighted by Gasteiger charge is -2.33. The fraction of sp³-hybridized carbons (Fsp3) is 0.412. The number of nitrogens with zero attached hydrogens (tertiary/aromatic N) is 3. The number of morpholine rings is 1. The molecule has 1 amide bonds. The molecule has 122 valence electrons. The van der Waals surface area contributed by atoms with Crippen LogP contribution in [0.25, 0.3) is 0 Å². The fourth-order valence-corrected chi connectivity index (χ4v) is 2.79. The van der Waals surface area contributed by atoms with Crippen LogP contribution in [0.2, 0.25) is 0 Å². The zero-order valence-corrected chi connectivity index (χ0v) is 13.1. The molecule has 3 rings (SSSR count). The molecule has 1 aromatic carbocycles. The maximum atomic E-state index is 13.3. The van der Waals surface area contributed by atoms with Crippen molar-refractivity contribution in [2.45, 2.75) is 26.0 Å². The van der Waals surface area contributed by atoms with E-state index in [0.29, 0.717) is 26.1 Å². The minimum Gasteiger partial charge on any atom is -0.374 e. The zero-order valence-electron chi connectivity index (χ0n) is 13.1. The second kappa shape index (κ2) is 6.91. The highest BCUT2D eigenvalue weighted by molar-refractivity contribution is 5.76. The predicted octanol–water partition coefficient (Wildman–Crippen LogP) is 1.80. The summed E-state index contributed by atoms with van der Waals surface area (Å²) in [7, 11) is 0. The number of hydrogen-bond donors (Lipinski definition) is 0. The number of hydrogen-bond acceptors (Lipinski definition) is 3. The molecule has 1 unspecified atom stereocenters. The topological polar surface area (TPSA) is 47.4 Å². The van der Waals surface area contributed by atoms with Crippen molar-refractivity contribution in [1.82, 2.24) is 14.7 Å². The summed E-state index contributed by atoms with van der Waals surface area (Å²) in [6.45, 7) is 3.74. The van der Waals surface area contributed by atoms with Gasteiger partial charge in [-0.25, -0.2) is 4.39 Å². The highest BCUT2D eigenvalue weighted by Crippen LogP contribution is 2.13. The van der Waals surface area contributed by atoms with Crippen LogP contribution in [-0.4, -0.2) is 46.4 Å². The van der Waals surface area contributed by atoms with Crippen LogP contribution in [0, 0.1) is 12.7 Å². The molecule has 1 atom stereocenters. The first-order chi connectivity index (χ1) is 11.1. The first kappa shape index (κ1) is 15.7. The minimum atomic E-state index is -0.250. The molecule has 2 heterocycles. The lowest BCUT2D eigenvalue weighted by molar-refractivity contribution is -0.139. The largest absolute Gasteiger partial charge is 0.374 e. The summed E-state index contributed by atoms with van der Waals surface area (Å²) in [6, 6.07) is 8.37. The molecule has 1 fully saturated rings. The molecule has 0 saturated carbocycles. The quantitative estimate of drug-likeness (QED) is 0.864. The monoisotopic (exact) mass is 317 g/mol. The summed E-state index contributed by atoms with van der Waals surface area (Å²) in [6.07, 6.45) is 2.30. The average Bonchev–Trinajstić information content (AvgIpc) is 2.92. The molecule has 0 spiro atoms. The third kappa shape index (κ3) is 4.16. The molecule has 6 heteroatoms. The van der Waals surface area contributed by atoms with Gasteiger partial charge in [-0.3, -0.25) is 9.48 Å². The van der Waals surface area contributed by atoms with E-state index < -0.39 is 0 Å². The number of carbonyl (C=O) groups is 1. The van der Waals surface area contributed by atoms with Crippen LogP contribution in [0.15, 0.2) is 36.5 Å². The molecule has 1 aliphatic heterocycles. The summed E-state index contributed by atoms with van der Waals surface area (Å²) >= 11 is 0. The van der Waals surface area contributed by atoms with Gasteiger partial charge in [0.2, 0.25) is 5.91 Å².